The van der Waals surface area contributed by atoms with Crippen LogP contribution in [0.4, 0.5) is 0 Å². The number of hydrogen-bond acceptors (Lipinski definition) is 3. The zero-order valence-corrected chi connectivity index (χ0v) is 18.8. The van der Waals surface area contributed by atoms with Crippen molar-refractivity contribution < 1.29 is 14.4 Å². The fraction of sp³-hybridized carbons (Fsp3) is 0.240. The van der Waals surface area contributed by atoms with E-state index in [0.717, 1.165) is 22.4 Å². The van der Waals surface area contributed by atoms with E-state index >= 15 is 0 Å². The Bertz CT molecular complexity index is 916. The van der Waals surface area contributed by atoms with Gasteiger partial charge >= 0.3 is 0 Å². The molecule has 2 aromatic rings. The van der Waals surface area contributed by atoms with Gasteiger partial charge in [0.1, 0.15) is 6.79 Å². The number of amides is 2. The minimum Gasteiger partial charge on any atom is -0.361 e. The Morgan fingerprint density at radius 3 is 1.93 bits per heavy atom. The van der Waals surface area contributed by atoms with Crippen molar-refractivity contribution in [2.24, 2.45) is 0 Å². The molecule has 0 fully saturated rings. The fourth-order valence-electron chi connectivity index (χ4n) is 2.89. The summed E-state index contributed by atoms with van der Waals surface area (Å²) in [5.74, 6) is -0.757. The molecule has 1 aliphatic rings. The van der Waals surface area contributed by atoms with Crippen LogP contribution in [0.15, 0.2) is 43.1 Å². The number of nitrogens with one attached hydrogen (secondary N) is 2. The van der Waals surface area contributed by atoms with E-state index in [0.29, 0.717) is 16.7 Å². The van der Waals surface area contributed by atoms with Crippen LogP contribution in [0.3, 0.4) is 0 Å². The quantitative estimate of drug-likeness (QED) is 0.662. The first-order chi connectivity index (χ1) is 14.6. The summed E-state index contributed by atoms with van der Waals surface area (Å²) in [6, 6.07) is 7.56. The topological polar surface area (TPSA) is 79.0 Å². The van der Waals surface area contributed by atoms with Gasteiger partial charge in [-0.3, -0.25) is 14.9 Å². The van der Waals surface area contributed by atoms with Crippen molar-refractivity contribution in [3.63, 3.8) is 0 Å². The highest BCUT2D eigenvalue weighted by atomic mass is 16.2. The van der Waals surface area contributed by atoms with Gasteiger partial charge in [-0.1, -0.05) is 76.3 Å². The third-order valence-electron chi connectivity index (χ3n) is 4.03. The first-order valence-corrected chi connectivity index (χ1v) is 9.99. The number of carbonyl (C=O) groups excluding carboxylic acids is 3. The summed E-state index contributed by atoms with van der Waals surface area (Å²) in [6.07, 6.45) is 7.24. The zero-order valence-electron chi connectivity index (χ0n) is 18.8. The van der Waals surface area contributed by atoms with Crippen molar-refractivity contribution >= 4 is 41.9 Å². The van der Waals surface area contributed by atoms with Crippen LogP contribution in [0.5, 0.6) is 0 Å². The van der Waals surface area contributed by atoms with Crippen molar-refractivity contribution in [1.82, 2.24) is 10.3 Å². The van der Waals surface area contributed by atoms with Crippen LogP contribution >= 0.6 is 0 Å². The number of allylic oxidation sites excluding steroid dienone is 1. The number of aryl methyl sites for hydroxylation is 1. The predicted octanol–water partition coefficient (Wildman–Crippen LogP) is 5.43. The van der Waals surface area contributed by atoms with Crippen LogP contribution in [-0.4, -0.2) is 23.6 Å². The lowest BCUT2D eigenvalue weighted by atomic mass is 9.94. The van der Waals surface area contributed by atoms with Crippen LogP contribution in [0.2, 0.25) is 0 Å². The van der Waals surface area contributed by atoms with E-state index in [2.05, 4.69) is 16.9 Å². The molecule has 160 valence electrons. The average molecular weight is 409 g/mol. The van der Waals surface area contributed by atoms with Gasteiger partial charge in [-0.25, -0.2) is 0 Å². The van der Waals surface area contributed by atoms with Gasteiger partial charge in [0.25, 0.3) is 11.8 Å². The lowest BCUT2D eigenvalue weighted by molar-refractivity contribution is -0.122. The monoisotopic (exact) mass is 408 g/mol. The second-order valence-corrected chi connectivity index (χ2v) is 5.63. The number of carbonyl (C=O) groups is 3. The Morgan fingerprint density at radius 1 is 0.900 bits per heavy atom. The smallest absolute Gasteiger partial charge is 0.259 e. The third-order valence-corrected chi connectivity index (χ3v) is 4.03. The fourth-order valence-corrected chi connectivity index (χ4v) is 2.89. The van der Waals surface area contributed by atoms with Crippen LogP contribution < -0.4 is 5.32 Å². The highest BCUT2D eigenvalue weighted by Crippen LogP contribution is 2.34. The molecule has 1 aliphatic heterocycles. The van der Waals surface area contributed by atoms with E-state index in [9.17, 15) is 9.59 Å². The number of hydrogen-bond donors (Lipinski definition) is 2. The van der Waals surface area contributed by atoms with E-state index in [-0.39, 0.29) is 11.8 Å². The molecule has 0 unspecified atom stereocenters. The average Bonchev–Trinajstić information content (AvgIpc) is 3.32. The van der Waals surface area contributed by atoms with Crippen molar-refractivity contribution in [3.05, 3.63) is 71.1 Å². The Kier molecular flexibility index (Phi) is 12.1. The number of rotatable bonds is 4. The standard InChI is InChI=1S/C20H18N2O2.2C2H6.CH2O/c1-4-6-16-14(5-2)15(11-21-16)18-17(19(23)22-20(18)24)13-9-7-12(3)8-10-13;3*1-2/h4-11,21H,2H2,1,3H3,(H,22,23,24);2*1-2H3;1H2/b6-4-;;;. The van der Waals surface area contributed by atoms with E-state index in [1.54, 1.807) is 12.3 Å². The molecule has 1 aromatic carbocycles. The summed E-state index contributed by atoms with van der Waals surface area (Å²) >= 11 is 0. The number of aromatic amines is 1. The van der Waals surface area contributed by atoms with Crippen LogP contribution in [0.1, 0.15) is 62.6 Å². The van der Waals surface area contributed by atoms with Crippen molar-refractivity contribution in [3.8, 4) is 0 Å². The summed E-state index contributed by atoms with van der Waals surface area (Å²) in [4.78, 5) is 35.9. The first kappa shape index (κ1) is 26.5. The molecule has 0 saturated carbocycles. The molecule has 0 saturated heterocycles. The van der Waals surface area contributed by atoms with Crippen molar-refractivity contribution in [1.29, 1.82) is 0 Å². The highest BCUT2D eigenvalue weighted by Gasteiger charge is 2.33. The van der Waals surface area contributed by atoms with Crippen LogP contribution in [0, 0.1) is 6.92 Å². The molecule has 2 amide bonds. The Labute approximate surface area is 179 Å². The van der Waals surface area contributed by atoms with E-state index in [1.807, 2.05) is 84.7 Å². The normalized spacial score (nSPS) is 12.2. The molecule has 0 aliphatic carbocycles. The molecule has 5 heteroatoms. The number of benzene rings is 1. The van der Waals surface area contributed by atoms with Gasteiger partial charge in [-0.15, -0.1) is 0 Å². The minimum absolute atomic E-state index is 0.373. The summed E-state index contributed by atoms with van der Waals surface area (Å²) in [6.45, 7) is 17.7. The van der Waals surface area contributed by atoms with Gasteiger partial charge < -0.3 is 9.78 Å². The number of aromatic nitrogens is 1. The third kappa shape index (κ3) is 5.77. The lowest BCUT2D eigenvalue weighted by Gasteiger charge is -2.05. The summed E-state index contributed by atoms with van der Waals surface area (Å²) in [7, 11) is 0. The van der Waals surface area contributed by atoms with Gasteiger partial charge in [-0.05, 0) is 25.5 Å². The predicted molar refractivity (Wildman–Crippen MR) is 127 cm³/mol. The summed E-state index contributed by atoms with van der Waals surface area (Å²) < 4.78 is 0. The molecular weight excluding hydrogens is 376 g/mol. The maximum Gasteiger partial charge on any atom is 0.259 e. The molecule has 3 rings (SSSR count). The van der Waals surface area contributed by atoms with E-state index in [1.165, 1.54) is 0 Å². The van der Waals surface area contributed by atoms with E-state index < -0.39 is 0 Å². The highest BCUT2D eigenvalue weighted by molar-refractivity contribution is 6.49. The number of imide groups is 1. The second kappa shape index (κ2) is 13.7. The molecule has 5 nitrogen and oxygen atoms in total. The van der Waals surface area contributed by atoms with Gasteiger partial charge in [0.2, 0.25) is 0 Å². The second-order valence-electron chi connectivity index (χ2n) is 5.63. The molecule has 1 aromatic heterocycles. The van der Waals surface area contributed by atoms with Crippen molar-refractivity contribution in [2.45, 2.75) is 41.5 Å². The molecule has 0 bridgehead atoms. The Balaban J connectivity index is 0.00000129. The number of H-pyrrole nitrogens is 1. The van der Waals surface area contributed by atoms with Gasteiger partial charge in [-0.2, -0.15) is 0 Å². The minimum atomic E-state index is -0.385. The lowest BCUT2D eigenvalue weighted by Crippen LogP contribution is -2.22. The van der Waals surface area contributed by atoms with Crippen LogP contribution in [0.25, 0.3) is 23.3 Å². The molecule has 0 spiro atoms. The molecule has 2 heterocycles. The van der Waals surface area contributed by atoms with Crippen LogP contribution in [-0.2, 0) is 14.4 Å². The summed E-state index contributed by atoms with van der Waals surface area (Å²) in [5, 5.41) is 2.40. The SMILES string of the molecule is C=Cc1c(C2=C(c3ccc(C)cc3)C(=O)NC2=O)c[nH]c1/C=C\C.C=O.CC.CC. The zero-order chi connectivity index (χ0) is 23.3. The Hall–Kier alpha value is -3.47. The molecule has 30 heavy (non-hydrogen) atoms. The van der Waals surface area contributed by atoms with Gasteiger partial charge in [0.15, 0.2) is 0 Å². The summed E-state index contributed by atoms with van der Waals surface area (Å²) in [5.41, 5.74) is 4.93. The maximum absolute atomic E-state index is 12.4. The largest absolute Gasteiger partial charge is 0.361 e. The first-order valence-electron chi connectivity index (χ1n) is 9.99. The maximum atomic E-state index is 12.4. The van der Waals surface area contributed by atoms with Gasteiger partial charge in [0, 0.05) is 23.0 Å². The molecule has 0 radical (unpaired) electrons. The molecular formula is C25H32N2O3. The Morgan fingerprint density at radius 2 is 1.43 bits per heavy atom. The van der Waals surface area contributed by atoms with Gasteiger partial charge in [0.05, 0.1) is 11.1 Å². The molecule has 0 atom stereocenters. The molecule has 2 N–H and O–H groups in total. The van der Waals surface area contributed by atoms with E-state index in [4.69, 9.17) is 4.79 Å². The van der Waals surface area contributed by atoms with Crippen molar-refractivity contribution in [2.75, 3.05) is 0 Å².